The van der Waals surface area contributed by atoms with E-state index in [1.54, 1.807) is 6.34 Å². The van der Waals surface area contributed by atoms with E-state index in [1.807, 2.05) is 55.3 Å². The molecule has 0 aliphatic heterocycles. The van der Waals surface area contributed by atoms with E-state index in [0.29, 0.717) is 5.88 Å². The van der Waals surface area contributed by atoms with Crippen LogP contribution in [0.2, 0.25) is 0 Å². The summed E-state index contributed by atoms with van der Waals surface area (Å²) in [7, 11) is 1.98. The van der Waals surface area contributed by atoms with Crippen LogP contribution in [0.25, 0.3) is 0 Å². The Balaban J connectivity index is 2.03. The Morgan fingerprint density at radius 3 is 2.79 bits per heavy atom. The maximum Gasteiger partial charge on any atom is 0.229 e. The highest BCUT2D eigenvalue weighted by Gasteiger charge is 2.07. The molecule has 124 valence electrons. The maximum absolute atomic E-state index is 5.65. The summed E-state index contributed by atoms with van der Waals surface area (Å²) in [6.07, 6.45) is 1.79. The van der Waals surface area contributed by atoms with Crippen LogP contribution in [0.15, 0.2) is 45.9 Å². The van der Waals surface area contributed by atoms with E-state index < -0.39 is 0 Å². The van der Waals surface area contributed by atoms with Gasteiger partial charge in [-0.1, -0.05) is 30.0 Å². The standard InChI is InChI=1S/C19H20BrN3O/c1-4-23(3)14-21-18-13-17(20)19(22-15(18)2)24-12-8-11-16-9-6-5-7-10-16/h5-7,9-10,13-14H,4,12H2,1-3H3. The van der Waals surface area contributed by atoms with E-state index in [0.717, 1.165) is 28.0 Å². The lowest BCUT2D eigenvalue weighted by Crippen LogP contribution is -2.14. The highest BCUT2D eigenvalue weighted by molar-refractivity contribution is 9.10. The highest BCUT2D eigenvalue weighted by atomic mass is 79.9. The van der Waals surface area contributed by atoms with Crippen molar-refractivity contribution < 1.29 is 4.74 Å². The third-order valence-electron chi connectivity index (χ3n) is 3.29. The Kier molecular flexibility index (Phi) is 6.83. The Labute approximate surface area is 151 Å². The first kappa shape index (κ1) is 18.0. The fraction of sp³-hybridized carbons (Fsp3) is 0.263. The Morgan fingerprint density at radius 1 is 1.33 bits per heavy atom. The van der Waals surface area contributed by atoms with E-state index in [9.17, 15) is 0 Å². The highest BCUT2D eigenvalue weighted by Crippen LogP contribution is 2.29. The molecule has 0 atom stereocenters. The SMILES string of the molecule is CCN(C)C=Nc1cc(Br)c(OCC#Cc2ccccc2)nc1C. The fourth-order valence-corrected chi connectivity index (χ4v) is 2.21. The molecule has 1 heterocycles. The van der Waals surface area contributed by atoms with Crippen LogP contribution in [-0.4, -0.2) is 36.4 Å². The van der Waals surface area contributed by atoms with Gasteiger partial charge < -0.3 is 9.64 Å². The zero-order chi connectivity index (χ0) is 17.4. The third-order valence-corrected chi connectivity index (χ3v) is 3.86. The van der Waals surface area contributed by atoms with Crippen molar-refractivity contribution in [3.8, 4) is 17.7 Å². The summed E-state index contributed by atoms with van der Waals surface area (Å²) in [5.74, 6) is 6.57. The quantitative estimate of drug-likeness (QED) is 0.439. The van der Waals surface area contributed by atoms with E-state index in [2.05, 4.69) is 44.7 Å². The number of ether oxygens (including phenoxy) is 1. The molecule has 4 nitrogen and oxygen atoms in total. The number of nitrogens with zero attached hydrogens (tertiary/aromatic N) is 3. The van der Waals surface area contributed by atoms with Crippen LogP contribution >= 0.6 is 15.9 Å². The molecule has 0 N–H and O–H groups in total. The molecule has 2 aromatic rings. The van der Waals surface area contributed by atoms with Crippen molar-refractivity contribution in [3.05, 3.63) is 52.1 Å². The summed E-state index contributed by atoms with van der Waals surface area (Å²) in [5.41, 5.74) is 2.59. The Morgan fingerprint density at radius 2 is 2.08 bits per heavy atom. The number of benzene rings is 1. The minimum absolute atomic E-state index is 0.279. The Hall–Kier alpha value is -2.32. The van der Waals surface area contributed by atoms with Gasteiger partial charge >= 0.3 is 0 Å². The second kappa shape index (κ2) is 9.09. The second-order valence-corrected chi connectivity index (χ2v) is 6.01. The van der Waals surface area contributed by atoms with Gasteiger partial charge in [-0.15, -0.1) is 0 Å². The average Bonchev–Trinajstić information content (AvgIpc) is 2.60. The molecule has 0 aliphatic carbocycles. The average molecular weight is 386 g/mol. The van der Waals surface area contributed by atoms with E-state index in [-0.39, 0.29) is 6.61 Å². The molecular weight excluding hydrogens is 366 g/mol. The van der Waals surface area contributed by atoms with Gasteiger partial charge in [-0.25, -0.2) is 9.98 Å². The number of hydrogen-bond donors (Lipinski definition) is 0. The van der Waals surface area contributed by atoms with Crippen molar-refractivity contribution in [2.24, 2.45) is 4.99 Å². The maximum atomic E-state index is 5.65. The van der Waals surface area contributed by atoms with Crippen LogP contribution in [-0.2, 0) is 0 Å². The van der Waals surface area contributed by atoms with Crippen molar-refractivity contribution in [3.63, 3.8) is 0 Å². The van der Waals surface area contributed by atoms with E-state index in [1.165, 1.54) is 0 Å². The lowest BCUT2D eigenvalue weighted by Gasteiger charge is -2.10. The molecule has 0 radical (unpaired) electrons. The molecule has 24 heavy (non-hydrogen) atoms. The normalized spacial score (nSPS) is 10.3. The van der Waals surface area contributed by atoms with Crippen LogP contribution in [0.3, 0.4) is 0 Å². The van der Waals surface area contributed by atoms with Crippen LogP contribution in [0, 0.1) is 18.8 Å². The molecule has 0 amide bonds. The topological polar surface area (TPSA) is 37.7 Å². The molecule has 5 heteroatoms. The fourth-order valence-electron chi connectivity index (χ4n) is 1.79. The number of pyridine rings is 1. The molecular formula is C19H20BrN3O. The monoisotopic (exact) mass is 385 g/mol. The predicted octanol–water partition coefficient (Wildman–Crippen LogP) is 4.19. The summed E-state index contributed by atoms with van der Waals surface area (Å²) < 4.78 is 6.41. The first-order valence-corrected chi connectivity index (χ1v) is 8.47. The van der Waals surface area contributed by atoms with E-state index in [4.69, 9.17) is 4.74 Å². The van der Waals surface area contributed by atoms with Crippen molar-refractivity contribution in [2.45, 2.75) is 13.8 Å². The minimum Gasteiger partial charge on any atom is -0.464 e. The zero-order valence-corrected chi connectivity index (χ0v) is 15.7. The minimum atomic E-state index is 0.279. The van der Waals surface area contributed by atoms with Gasteiger partial charge in [-0.05, 0) is 48.0 Å². The smallest absolute Gasteiger partial charge is 0.229 e. The van der Waals surface area contributed by atoms with Gasteiger partial charge in [0, 0.05) is 19.2 Å². The number of halogens is 1. The molecule has 0 aliphatic rings. The summed E-state index contributed by atoms with van der Waals surface area (Å²) in [5, 5.41) is 0. The predicted molar refractivity (Wildman–Crippen MR) is 102 cm³/mol. The first-order chi connectivity index (χ1) is 11.6. The first-order valence-electron chi connectivity index (χ1n) is 7.68. The third kappa shape index (κ3) is 5.39. The van der Waals surface area contributed by atoms with Crippen LogP contribution < -0.4 is 4.74 Å². The number of aromatic nitrogens is 1. The molecule has 0 spiro atoms. The van der Waals surface area contributed by atoms with Crippen LogP contribution in [0.5, 0.6) is 5.88 Å². The number of aliphatic imine (C=N–C) groups is 1. The van der Waals surface area contributed by atoms with Crippen molar-refractivity contribution in [1.82, 2.24) is 9.88 Å². The molecule has 1 aromatic heterocycles. The van der Waals surface area contributed by atoms with Gasteiger partial charge in [0.15, 0.2) is 6.61 Å². The van der Waals surface area contributed by atoms with Crippen LogP contribution in [0.4, 0.5) is 5.69 Å². The summed E-state index contributed by atoms with van der Waals surface area (Å²) in [4.78, 5) is 10.9. The Bertz CT molecular complexity index is 763. The van der Waals surface area contributed by atoms with Crippen molar-refractivity contribution in [1.29, 1.82) is 0 Å². The molecule has 0 saturated carbocycles. The number of rotatable bonds is 5. The summed E-state index contributed by atoms with van der Waals surface area (Å²) >= 11 is 3.48. The second-order valence-electron chi connectivity index (χ2n) is 5.15. The molecule has 0 bridgehead atoms. The molecule has 1 aromatic carbocycles. The molecule has 0 saturated heterocycles. The van der Waals surface area contributed by atoms with Crippen molar-refractivity contribution in [2.75, 3.05) is 20.2 Å². The van der Waals surface area contributed by atoms with Gasteiger partial charge in [0.2, 0.25) is 5.88 Å². The molecule has 0 fully saturated rings. The summed E-state index contributed by atoms with van der Waals surface area (Å²) in [6.45, 7) is 5.16. The van der Waals surface area contributed by atoms with Gasteiger partial charge in [-0.2, -0.15) is 0 Å². The largest absolute Gasteiger partial charge is 0.464 e. The van der Waals surface area contributed by atoms with E-state index >= 15 is 0 Å². The van der Waals surface area contributed by atoms with Crippen molar-refractivity contribution >= 4 is 28.0 Å². The zero-order valence-electron chi connectivity index (χ0n) is 14.1. The lowest BCUT2D eigenvalue weighted by atomic mass is 10.2. The van der Waals surface area contributed by atoms with Gasteiger partial charge in [0.05, 0.1) is 22.2 Å². The molecule has 0 unspecified atom stereocenters. The van der Waals surface area contributed by atoms with Gasteiger partial charge in [-0.3, -0.25) is 0 Å². The number of hydrogen-bond acceptors (Lipinski definition) is 3. The van der Waals surface area contributed by atoms with Crippen LogP contribution in [0.1, 0.15) is 18.2 Å². The van der Waals surface area contributed by atoms with Gasteiger partial charge in [0.1, 0.15) is 0 Å². The van der Waals surface area contributed by atoms with Gasteiger partial charge in [0.25, 0.3) is 0 Å². The lowest BCUT2D eigenvalue weighted by molar-refractivity contribution is 0.352. The summed E-state index contributed by atoms with van der Waals surface area (Å²) in [6, 6.07) is 11.7. The molecule has 2 rings (SSSR count). The number of aryl methyl sites for hydroxylation is 1.